The van der Waals surface area contributed by atoms with Crippen LogP contribution in [0.25, 0.3) is 5.31 Å². The van der Waals surface area contributed by atoms with E-state index in [0.717, 1.165) is 0 Å². The second-order valence-electron chi connectivity index (χ2n) is 4.58. The highest BCUT2D eigenvalue weighted by molar-refractivity contribution is 9.41. The van der Waals surface area contributed by atoms with Crippen molar-refractivity contribution in [1.82, 2.24) is 0 Å². The second kappa shape index (κ2) is 4.03. The van der Waals surface area contributed by atoms with E-state index in [-0.39, 0.29) is 6.62 Å². The summed E-state index contributed by atoms with van der Waals surface area (Å²) in [4.78, 5) is 0. The van der Waals surface area contributed by atoms with Crippen LogP contribution in [0.2, 0.25) is 0 Å². The third kappa shape index (κ3) is 2.05. The Morgan fingerprint density at radius 3 is 2.33 bits per heavy atom. The molecule has 0 nitrogen and oxygen atoms in total. The Morgan fingerprint density at radius 1 is 1.20 bits per heavy atom. The molecule has 1 atom stereocenters. The molecule has 0 radical (unpaired) electrons. The smallest absolute Gasteiger partial charge is 0.0246 e. The largest absolute Gasteiger partial charge is 0.0646 e. The first kappa shape index (κ1) is 11.4. The molecule has 1 heterocycles. The Kier molecular flexibility index (Phi) is 3.05. The van der Waals surface area contributed by atoms with Crippen LogP contribution in [0, 0.1) is 5.41 Å². The highest BCUT2D eigenvalue weighted by atomic mass is 79.9. The van der Waals surface area contributed by atoms with E-state index < -0.39 is 0 Å². The van der Waals surface area contributed by atoms with Crippen molar-refractivity contribution < 1.29 is 0 Å². The van der Waals surface area contributed by atoms with E-state index in [1.165, 1.54) is 12.0 Å². The summed E-state index contributed by atoms with van der Waals surface area (Å²) >= 11 is 3.82. The predicted molar refractivity (Wildman–Crippen MR) is 73.3 cm³/mol. The van der Waals surface area contributed by atoms with Crippen LogP contribution in [0.4, 0.5) is 0 Å². The first-order valence-corrected chi connectivity index (χ1v) is 8.70. The second-order valence-corrected chi connectivity index (χ2v) is 8.17. The summed E-state index contributed by atoms with van der Waals surface area (Å²) in [5.74, 6) is 0. The van der Waals surface area contributed by atoms with Gasteiger partial charge in [-0.25, -0.2) is 0 Å². The molecule has 2 rings (SSSR count). The number of hydrogen-bond donors (Lipinski definition) is 0. The summed E-state index contributed by atoms with van der Waals surface area (Å²) in [6, 6.07) is 10.7. The minimum absolute atomic E-state index is 0.122. The third-order valence-electron chi connectivity index (χ3n) is 3.14. The van der Waals surface area contributed by atoms with Gasteiger partial charge in [-0.1, -0.05) is 66.6 Å². The van der Waals surface area contributed by atoms with Gasteiger partial charge in [-0.15, -0.1) is 0 Å². The lowest BCUT2D eigenvalue weighted by Gasteiger charge is -2.18. The summed E-state index contributed by atoms with van der Waals surface area (Å²) in [7, 11) is 0. The molecule has 2 heteroatoms. The van der Waals surface area contributed by atoms with Crippen LogP contribution in [0.3, 0.4) is 0 Å². The minimum atomic E-state index is -0.122. The number of allylic oxidation sites excluding steroid dienone is 1. The van der Waals surface area contributed by atoms with Crippen LogP contribution in [0.15, 0.2) is 35.6 Å². The summed E-state index contributed by atoms with van der Waals surface area (Å²) in [5, 5.41) is 3.21. The zero-order valence-electron chi connectivity index (χ0n) is 9.42. The number of benzene rings is 1. The maximum Gasteiger partial charge on any atom is 0.0246 e. The van der Waals surface area contributed by atoms with Crippen LogP contribution in [0.1, 0.15) is 32.8 Å². The Hall–Kier alpha value is -0.130. The predicted octanol–water partition coefficient (Wildman–Crippen LogP) is 5.60. The molecule has 1 aliphatic heterocycles. The molecule has 0 spiro atoms. The van der Waals surface area contributed by atoms with Crippen molar-refractivity contribution in [3.05, 3.63) is 41.2 Å². The van der Waals surface area contributed by atoms with Gasteiger partial charge in [-0.2, -0.15) is 0 Å². The lowest BCUT2D eigenvalue weighted by molar-refractivity contribution is 0.458. The molecule has 15 heavy (non-hydrogen) atoms. The van der Waals surface area contributed by atoms with Crippen LogP contribution < -0.4 is 0 Å². The Labute approximate surface area is 101 Å². The quantitative estimate of drug-likeness (QED) is 0.634. The monoisotopic (exact) mass is 282 g/mol. The van der Waals surface area contributed by atoms with E-state index in [0.29, 0.717) is 5.41 Å². The van der Waals surface area contributed by atoms with Gasteiger partial charge in [-0.05, 0) is 22.7 Å². The molecule has 0 N–H and O–H groups in total. The molecule has 0 fully saturated rings. The summed E-state index contributed by atoms with van der Waals surface area (Å²) < 4.78 is 0. The summed E-state index contributed by atoms with van der Waals surface area (Å²) in [6.07, 6.45) is 1.21. The van der Waals surface area contributed by atoms with E-state index >= 15 is 0 Å². The van der Waals surface area contributed by atoms with Crippen molar-refractivity contribution in [2.75, 3.05) is 0 Å². The number of halogens is 1. The van der Waals surface area contributed by atoms with E-state index in [1.807, 2.05) is 0 Å². The highest BCUT2D eigenvalue weighted by Crippen LogP contribution is 2.83. The minimum Gasteiger partial charge on any atom is -0.0646 e. The standard InChI is InChI=1S/C13H16BrP/c1-4-13(2,3)12-11(15(12)14)10-8-6-5-7-9-10/h5-9H,4H2,1-3H3/t15-/m1/s1. The molecule has 0 saturated heterocycles. The molecule has 1 aromatic rings. The van der Waals surface area contributed by atoms with Crippen molar-refractivity contribution in [3.8, 4) is 0 Å². The van der Waals surface area contributed by atoms with Gasteiger partial charge < -0.3 is 0 Å². The van der Waals surface area contributed by atoms with Crippen molar-refractivity contribution in [2.24, 2.45) is 5.41 Å². The van der Waals surface area contributed by atoms with E-state index in [9.17, 15) is 0 Å². The van der Waals surface area contributed by atoms with Gasteiger partial charge in [-0.3, -0.25) is 0 Å². The van der Waals surface area contributed by atoms with Crippen molar-refractivity contribution in [1.29, 1.82) is 0 Å². The maximum absolute atomic E-state index is 3.82. The molecule has 1 aliphatic rings. The topological polar surface area (TPSA) is 0 Å². The molecule has 1 aromatic carbocycles. The van der Waals surface area contributed by atoms with E-state index in [2.05, 4.69) is 66.6 Å². The maximum atomic E-state index is 3.82. The first-order valence-electron chi connectivity index (χ1n) is 5.34. The highest BCUT2D eigenvalue weighted by Gasteiger charge is 2.43. The van der Waals surface area contributed by atoms with Gasteiger partial charge in [0.25, 0.3) is 0 Å². The fourth-order valence-corrected chi connectivity index (χ4v) is 6.95. The summed E-state index contributed by atoms with van der Waals surface area (Å²) in [6.45, 7) is 6.83. The van der Waals surface area contributed by atoms with Gasteiger partial charge in [0, 0.05) is 11.9 Å². The normalized spacial score (nSPS) is 20.7. The molecule has 0 aromatic heterocycles. The summed E-state index contributed by atoms with van der Waals surface area (Å²) in [5.41, 5.74) is 1.76. The molecule has 0 bridgehead atoms. The molecule has 80 valence electrons. The zero-order chi connectivity index (χ0) is 11.1. The van der Waals surface area contributed by atoms with Crippen molar-refractivity contribution in [3.63, 3.8) is 0 Å². The fraction of sp³-hybridized carbons (Fsp3) is 0.385. The van der Waals surface area contributed by atoms with Gasteiger partial charge in [0.1, 0.15) is 0 Å². The molecular weight excluding hydrogens is 267 g/mol. The van der Waals surface area contributed by atoms with Gasteiger partial charge in [0.2, 0.25) is 0 Å². The lowest BCUT2D eigenvalue weighted by atomic mass is 9.89. The first-order chi connectivity index (χ1) is 7.08. The molecule has 0 saturated carbocycles. The zero-order valence-corrected chi connectivity index (χ0v) is 11.9. The van der Waals surface area contributed by atoms with Gasteiger partial charge in [0.05, 0.1) is 0 Å². The molecule has 0 aliphatic carbocycles. The Balaban J connectivity index is 2.33. The Morgan fingerprint density at radius 2 is 1.80 bits per heavy atom. The Bertz CT molecular complexity index is 392. The van der Waals surface area contributed by atoms with Gasteiger partial charge in [0.15, 0.2) is 0 Å². The van der Waals surface area contributed by atoms with Crippen LogP contribution >= 0.6 is 22.1 Å². The number of hydrogen-bond acceptors (Lipinski definition) is 0. The SMILES string of the molecule is CCC(C)(C)C1=C(c2ccccc2)[P@@]1Br. The molecular formula is C13H16BrP. The van der Waals surface area contributed by atoms with Gasteiger partial charge >= 0.3 is 0 Å². The van der Waals surface area contributed by atoms with Crippen molar-refractivity contribution >= 4 is 27.4 Å². The average Bonchev–Trinajstić information content (AvgIpc) is 2.92. The van der Waals surface area contributed by atoms with Crippen molar-refractivity contribution in [2.45, 2.75) is 27.2 Å². The van der Waals surface area contributed by atoms with Crippen LogP contribution in [-0.2, 0) is 0 Å². The average molecular weight is 283 g/mol. The fourth-order valence-electron chi connectivity index (χ4n) is 1.74. The van der Waals surface area contributed by atoms with Crippen LogP contribution in [-0.4, -0.2) is 0 Å². The number of rotatable bonds is 3. The van der Waals surface area contributed by atoms with Crippen LogP contribution in [0.5, 0.6) is 0 Å². The molecule has 0 unspecified atom stereocenters. The third-order valence-corrected chi connectivity index (χ3v) is 7.14. The van der Waals surface area contributed by atoms with E-state index in [4.69, 9.17) is 0 Å². The van der Waals surface area contributed by atoms with E-state index in [1.54, 1.807) is 10.6 Å². The molecule has 0 amide bonds. The lowest BCUT2D eigenvalue weighted by Crippen LogP contribution is -2.05.